The maximum atomic E-state index is 9.93. The Morgan fingerprint density at radius 2 is 2.18 bits per heavy atom. The number of nitrogens with two attached hydrogens (primary N) is 1. The molecular formula is C8H9NO2. The smallest absolute Gasteiger partial charge is 0.298 e. The lowest BCUT2D eigenvalue weighted by Gasteiger charge is -2.00. The van der Waals surface area contributed by atoms with Crippen molar-refractivity contribution in [3.8, 4) is 5.75 Å². The maximum absolute atomic E-state index is 9.93. The molecule has 0 aromatic heterocycles. The normalized spacial score (nSPS) is 9.18. The zero-order chi connectivity index (χ0) is 8.27. The molecule has 0 aliphatic heterocycles. The number of benzene rings is 1. The van der Waals surface area contributed by atoms with Gasteiger partial charge in [0, 0.05) is 11.8 Å². The summed E-state index contributed by atoms with van der Waals surface area (Å²) in [6.07, 6.45) is 0. The predicted molar refractivity (Wildman–Crippen MR) is 42.3 cm³/mol. The highest BCUT2D eigenvalue weighted by molar-refractivity contribution is 5.52. The topological polar surface area (TPSA) is 52.3 Å². The summed E-state index contributed by atoms with van der Waals surface area (Å²) >= 11 is 0. The Morgan fingerprint density at radius 3 is 2.73 bits per heavy atom. The van der Waals surface area contributed by atoms with Crippen LogP contribution in [-0.4, -0.2) is 6.47 Å². The molecule has 0 unspecified atom stereocenters. The minimum absolute atomic E-state index is 0.383. The molecule has 0 spiro atoms. The molecule has 2 N–H and O–H groups in total. The van der Waals surface area contributed by atoms with E-state index in [9.17, 15) is 4.79 Å². The van der Waals surface area contributed by atoms with Gasteiger partial charge in [-0.15, -0.1) is 0 Å². The molecule has 0 aliphatic rings. The molecule has 0 aliphatic carbocycles. The third kappa shape index (κ3) is 1.97. The Labute approximate surface area is 64.8 Å². The molecule has 0 saturated carbocycles. The maximum Gasteiger partial charge on any atom is 0.298 e. The van der Waals surface area contributed by atoms with Crippen LogP contribution in [-0.2, 0) is 4.79 Å². The Balaban J connectivity index is 2.98. The van der Waals surface area contributed by atoms with Crippen molar-refractivity contribution in [1.29, 1.82) is 0 Å². The van der Waals surface area contributed by atoms with E-state index in [-0.39, 0.29) is 0 Å². The lowest BCUT2D eigenvalue weighted by molar-refractivity contribution is -0.120. The van der Waals surface area contributed by atoms with E-state index in [1.807, 2.05) is 6.92 Å². The van der Waals surface area contributed by atoms with Crippen LogP contribution >= 0.6 is 0 Å². The van der Waals surface area contributed by atoms with Gasteiger partial charge in [0.1, 0.15) is 5.75 Å². The van der Waals surface area contributed by atoms with Crippen LogP contribution in [0, 0.1) is 6.92 Å². The van der Waals surface area contributed by atoms with Gasteiger partial charge in [-0.05, 0) is 24.6 Å². The van der Waals surface area contributed by atoms with Gasteiger partial charge in [0.25, 0.3) is 6.47 Å². The van der Waals surface area contributed by atoms with Crippen LogP contribution in [0.25, 0.3) is 0 Å². The SMILES string of the molecule is Cc1cc(N)cc(OC=O)c1. The highest BCUT2D eigenvalue weighted by atomic mass is 16.5. The first-order valence-electron chi connectivity index (χ1n) is 3.20. The zero-order valence-corrected chi connectivity index (χ0v) is 6.20. The quantitative estimate of drug-likeness (QED) is 0.509. The summed E-state index contributed by atoms with van der Waals surface area (Å²) in [4.78, 5) is 9.93. The number of hydrogen-bond donors (Lipinski definition) is 1. The second-order valence-corrected chi connectivity index (χ2v) is 2.29. The predicted octanol–water partition coefficient (Wildman–Crippen LogP) is 1.11. The second kappa shape index (κ2) is 3.05. The van der Waals surface area contributed by atoms with E-state index in [2.05, 4.69) is 4.74 Å². The van der Waals surface area contributed by atoms with Crippen LogP contribution in [0.5, 0.6) is 5.75 Å². The average molecular weight is 151 g/mol. The number of rotatable bonds is 2. The molecule has 0 amide bonds. The van der Waals surface area contributed by atoms with Gasteiger partial charge in [-0.3, -0.25) is 4.79 Å². The van der Waals surface area contributed by atoms with Crippen LogP contribution in [0.3, 0.4) is 0 Å². The van der Waals surface area contributed by atoms with Crippen LogP contribution in [0.1, 0.15) is 5.56 Å². The van der Waals surface area contributed by atoms with Gasteiger partial charge in [0.2, 0.25) is 0 Å². The van der Waals surface area contributed by atoms with Gasteiger partial charge >= 0.3 is 0 Å². The second-order valence-electron chi connectivity index (χ2n) is 2.29. The van der Waals surface area contributed by atoms with Crippen molar-refractivity contribution in [2.24, 2.45) is 0 Å². The third-order valence-electron chi connectivity index (χ3n) is 1.26. The Bertz CT molecular complexity index is 251. The molecule has 3 heteroatoms. The fourth-order valence-corrected chi connectivity index (χ4v) is 0.900. The van der Waals surface area contributed by atoms with Crippen molar-refractivity contribution in [2.45, 2.75) is 6.92 Å². The van der Waals surface area contributed by atoms with Gasteiger partial charge in [0.15, 0.2) is 0 Å². The number of carbonyl (C=O) groups excluding carboxylic acids is 1. The summed E-state index contributed by atoms with van der Waals surface area (Å²) in [5.74, 6) is 0.484. The van der Waals surface area contributed by atoms with Crippen LogP contribution in [0.15, 0.2) is 18.2 Å². The summed E-state index contributed by atoms with van der Waals surface area (Å²) in [5, 5.41) is 0. The minimum Gasteiger partial charge on any atom is -0.429 e. The lowest BCUT2D eigenvalue weighted by atomic mass is 10.2. The van der Waals surface area contributed by atoms with Crippen molar-refractivity contribution < 1.29 is 9.53 Å². The minimum atomic E-state index is 0.383. The first kappa shape index (κ1) is 7.60. The highest BCUT2D eigenvalue weighted by Gasteiger charge is 1.94. The van der Waals surface area contributed by atoms with Crippen LogP contribution in [0.4, 0.5) is 5.69 Å². The first-order chi connectivity index (χ1) is 5.22. The number of hydrogen-bond acceptors (Lipinski definition) is 3. The largest absolute Gasteiger partial charge is 0.429 e. The van der Waals surface area contributed by atoms with Gasteiger partial charge < -0.3 is 10.5 Å². The van der Waals surface area contributed by atoms with Gasteiger partial charge in [-0.1, -0.05) is 0 Å². The summed E-state index contributed by atoms with van der Waals surface area (Å²) in [5.41, 5.74) is 7.07. The fraction of sp³-hybridized carbons (Fsp3) is 0.125. The zero-order valence-electron chi connectivity index (χ0n) is 6.20. The van der Waals surface area contributed by atoms with Crippen molar-refractivity contribution >= 4 is 12.2 Å². The van der Waals surface area contributed by atoms with E-state index < -0.39 is 0 Å². The van der Waals surface area contributed by atoms with Gasteiger partial charge in [-0.2, -0.15) is 0 Å². The standard InChI is InChI=1S/C8H9NO2/c1-6-2-7(9)4-8(3-6)11-5-10/h2-5H,9H2,1H3. The first-order valence-corrected chi connectivity index (χ1v) is 3.20. The number of nitrogen functional groups attached to an aromatic ring is 1. The van der Waals surface area contributed by atoms with Crippen molar-refractivity contribution in [2.75, 3.05) is 5.73 Å². The van der Waals surface area contributed by atoms with E-state index >= 15 is 0 Å². The summed E-state index contributed by atoms with van der Waals surface area (Å²) in [6, 6.07) is 5.14. The molecule has 0 saturated heterocycles. The summed E-state index contributed by atoms with van der Waals surface area (Å²) in [7, 11) is 0. The van der Waals surface area contributed by atoms with Crippen molar-refractivity contribution in [1.82, 2.24) is 0 Å². The molecule has 1 aromatic rings. The monoisotopic (exact) mass is 151 g/mol. The molecule has 11 heavy (non-hydrogen) atoms. The molecule has 1 aromatic carbocycles. The van der Waals surface area contributed by atoms with Crippen molar-refractivity contribution in [3.63, 3.8) is 0 Å². The molecule has 58 valence electrons. The Hall–Kier alpha value is -1.51. The van der Waals surface area contributed by atoms with Gasteiger partial charge in [-0.25, -0.2) is 0 Å². The van der Waals surface area contributed by atoms with Crippen molar-refractivity contribution in [3.05, 3.63) is 23.8 Å². The molecule has 0 radical (unpaired) electrons. The third-order valence-corrected chi connectivity index (χ3v) is 1.26. The summed E-state index contributed by atoms with van der Waals surface area (Å²) < 4.78 is 4.61. The van der Waals surface area contributed by atoms with Crippen LogP contribution < -0.4 is 10.5 Å². The Morgan fingerprint density at radius 1 is 1.45 bits per heavy atom. The fourth-order valence-electron chi connectivity index (χ4n) is 0.900. The number of anilines is 1. The van der Waals surface area contributed by atoms with Crippen LogP contribution in [0.2, 0.25) is 0 Å². The summed E-state index contributed by atoms with van der Waals surface area (Å²) in [6.45, 7) is 2.27. The number of aryl methyl sites for hydroxylation is 1. The number of carbonyl (C=O) groups is 1. The van der Waals surface area contributed by atoms with Gasteiger partial charge in [0.05, 0.1) is 0 Å². The number of ether oxygens (including phenoxy) is 1. The molecule has 0 atom stereocenters. The molecule has 1 rings (SSSR count). The van der Waals surface area contributed by atoms with E-state index in [1.165, 1.54) is 0 Å². The molecule has 0 heterocycles. The molecule has 3 nitrogen and oxygen atoms in total. The molecule has 0 bridgehead atoms. The Kier molecular flexibility index (Phi) is 2.11. The van der Waals surface area contributed by atoms with E-state index in [1.54, 1.807) is 18.2 Å². The highest BCUT2D eigenvalue weighted by Crippen LogP contribution is 2.17. The lowest BCUT2D eigenvalue weighted by Crippen LogP contribution is -1.91. The van der Waals surface area contributed by atoms with E-state index in [0.29, 0.717) is 17.9 Å². The average Bonchev–Trinajstić information content (AvgIpc) is 1.85. The molecule has 0 fully saturated rings. The van der Waals surface area contributed by atoms with E-state index in [4.69, 9.17) is 5.73 Å². The molecular weight excluding hydrogens is 142 g/mol. The van der Waals surface area contributed by atoms with E-state index in [0.717, 1.165) is 5.56 Å².